The van der Waals surface area contributed by atoms with E-state index < -0.39 is 10.8 Å². The molecule has 8 heteroatoms. The van der Waals surface area contributed by atoms with Crippen molar-refractivity contribution in [1.29, 1.82) is 0 Å². The zero-order chi connectivity index (χ0) is 18.1. The van der Waals surface area contributed by atoms with E-state index in [1.807, 2.05) is 13.8 Å². The Balaban J connectivity index is 3.05. The highest BCUT2D eigenvalue weighted by molar-refractivity contribution is 5.99. The van der Waals surface area contributed by atoms with Crippen molar-refractivity contribution in [1.82, 2.24) is 5.32 Å². The van der Waals surface area contributed by atoms with Gasteiger partial charge in [0.15, 0.2) is 11.5 Å². The van der Waals surface area contributed by atoms with Crippen LogP contribution in [-0.2, 0) is 4.74 Å². The molecule has 0 aromatic heterocycles. The SMILES string of the molecule is COCCOc1cc([N+](=O)[O-])c(C(=O)NCCC(C)C)cc1OC. The van der Waals surface area contributed by atoms with E-state index in [-0.39, 0.29) is 29.4 Å². The third kappa shape index (κ3) is 5.69. The molecule has 0 aliphatic rings. The topological polar surface area (TPSA) is 99.9 Å². The number of hydrogen-bond donors (Lipinski definition) is 1. The lowest BCUT2D eigenvalue weighted by Crippen LogP contribution is -2.26. The van der Waals surface area contributed by atoms with Crippen LogP contribution in [0.2, 0.25) is 0 Å². The van der Waals surface area contributed by atoms with Gasteiger partial charge in [-0.05, 0) is 12.3 Å². The fraction of sp³-hybridized carbons (Fsp3) is 0.562. The molecule has 134 valence electrons. The summed E-state index contributed by atoms with van der Waals surface area (Å²) in [6.45, 7) is 5.05. The largest absolute Gasteiger partial charge is 0.493 e. The first kappa shape index (κ1) is 19.7. The van der Waals surface area contributed by atoms with Gasteiger partial charge in [-0.2, -0.15) is 0 Å². The summed E-state index contributed by atoms with van der Waals surface area (Å²) in [4.78, 5) is 22.9. The molecule has 0 saturated heterocycles. The van der Waals surface area contributed by atoms with Crippen molar-refractivity contribution in [2.75, 3.05) is 34.0 Å². The molecule has 8 nitrogen and oxygen atoms in total. The van der Waals surface area contributed by atoms with Crippen LogP contribution in [-0.4, -0.2) is 44.8 Å². The van der Waals surface area contributed by atoms with Crippen molar-refractivity contribution in [3.8, 4) is 11.5 Å². The molecule has 0 bridgehead atoms. The maximum absolute atomic E-state index is 12.3. The fourth-order valence-corrected chi connectivity index (χ4v) is 1.96. The number of nitrogens with one attached hydrogen (secondary N) is 1. The number of nitro groups is 1. The average Bonchev–Trinajstić information content (AvgIpc) is 2.53. The molecule has 1 rings (SSSR count). The van der Waals surface area contributed by atoms with Gasteiger partial charge in [-0.1, -0.05) is 13.8 Å². The van der Waals surface area contributed by atoms with Crippen molar-refractivity contribution < 1.29 is 23.9 Å². The summed E-state index contributed by atoms with van der Waals surface area (Å²) < 4.78 is 15.5. The predicted octanol–water partition coefficient (Wildman–Crippen LogP) is 2.40. The molecule has 0 radical (unpaired) electrons. The lowest BCUT2D eigenvalue weighted by molar-refractivity contribution is -0.385. The van der Waals surface area contributed by atoms with Crippen LogP contribution in [0.3, 0.4) is 0 Å². The van der Waals surface area contributed by atoms with E-state index in [2.05, 4.69) is 5.32 Å². The van der Waals surface area contributed by atoms with Crippen molar-refractivity contribution in [2.45, 2.75) is 20.3 Å². The van der Waals surface area contributed by atoms with Crippen LogP contribution >= 0.6 is 0 Å². The summed E-state index contributed by atoms with van der Waals surface area (Å²) in [7, 11) is 2.93. The minimum absolute atomic E-state index is 0.0558. The van der Waals surface area contributed by atoms with Crippen LogP contribution in [0, 0.1) is 16.0 Å². The lowest BCUT2D eigenvalue weighted by Gasteiger charge is -2.13. The third-order valence-corrected chi connectivity index (χ3v) is 3.28. The second kappa shape index (κ2) is 9.71. The second-order valence-electron chi connectivity index (χ2n) is 5.56. The predicted molar refractivity (Wildman–Crippen MR) is 88.8 cm³/mol. The Morgan fingerprint density at radius 2 is 1.96 bits per heavy atom. The van der Waals surface area contributed by atoms with Crippen LogP contribution in [0.1, 0.15) is 30.6 Å². The summed E-state index contributed by atoms with van der Waals surface area (Å²) in [5.41, 5.74) is -0.384. The number of rotatable bonds is 10. The van der Waals surface area contributed by atoms with Crippen LogP contribution < -0.4 is 14.8 Å². The molecule has 0 aliphatic heterocycles. The monoisotopic (exact) mass is 340 g/mol. The smallest absolute Gasteiger partial charge is 0.286 e. The zero-order valence-corrected chi connectivity index (χ0v) is 14.5. The second-order valence-corrected chi connectivity index (χ2v) is 5.56. The van der Waals surface area contributed by atoms with Gasteiger partial charge in [-0.25, -0.2) is 0 Å². The van der Waals surface area contributed by atoms with Crippen LogP contribution in [0.5, 0.6) is 11.5 Å². The number of nitro benzene ring substituents is 1. The van der Waals surface area contributed by atoms with Gasteiger partial charge in [-0.3, -0.25) is 14.9 Å². The van der Waals surface area contributed by atoms with Gasteiger partial charge in [0.2, 0.25) is 0 Å². The van der Waals surface area contributed by atoms with Gasteiger partial charge in [-0.15, -0.1) is 0 Å². The van der Waals surface area contributed by atoms with Crippen molar-refractivity contribution in [3.05, 3.63) is 27.8 Å². The quantitative estimate of drug-likeness (QED) is 0.399. The van der Waals surface area contributed by atoms with Gasteiger partial charge >= 0.3 is 0 Å². The fourth-order valence-electron chi connectivity index (χ4n) is 1.96. The maximum atomic E-state index is 12.3. The van der Waals surface area contributed by atoms with E-state index in [0.717, 1.165) is 6.42 Å². The number of amides is 1. The van der Waals surface area contributed by atoms with Gasteiger partial charge in [0, 0.05) is 19.7 Å². The molecular weight excluding hydrogens is 316 g/mol. The highest BCUT2D eigenvalue weighted by Gasteiger charge is 2.24. The Morgan fingerprint density at radius 1 is 1.25 bits per heavy atom. The molecule has 0 fully saturated rings. The molecule has 0 heterocycles. The van der Waals surface area contributed by atoms with E-state index in [1.165, 1.54) is 26.4 Å². The molecule has 1 aromatic rings. The first-order chi connectivity index (χ1) is 11.4. The van der Waals surface area contributed by atoms with Gasteiger partial charge < -0.3 is 19.5 Å². The molecule has 0 saturated carbocycles. The number of carbonyl (C=O) groups is 1. The summed E-state index contributed by atoms with van der Waals surface area (Å²) >= 11 is 0. The number of benzene rings is 1. The summed E-state index contributed by atoms with van der Waals surface area (Å²) in [6.07, 6.45) is 0.787. The van der Waals surface area contributed by atoms with E-state index in [4.69, 9.17) is 14.2 Å². The lowest BCUT2D eigenvalue weighted by atomic mass is 10.1. The van der Waals surface area contributed by atoms with Gasteiger partial charge in [0.1, 0.15) is 12.2 Å². The average molecular weight is 340 g/mol. The third-order valence-electron chi connectivity index (χ3n) is 3.28. The zero-order valence-electron chi connectivity index (χ0n) is 14.5. The molecule has 0 aliphatic carbocycles. The summed E-state index contributed by atoms with van der Waals surface area (Å²) in [5, 5.41) is 14.0. The molecule has 1 amide bonds. The normalized spacial score (nSPS) is 10.5. The number of hydrogen-bond acceptors (Lipinski definition) is 6. The van der Waals surface area contributed by atoms with Crippen molar-refractivity contribution in [2.24, 2.45) is 5.92 Å². The molecule has 0 spiro atoms. The summed E-state index contributed by atoms with van der Waals surface area (Å²) in [6, 6.07) is 2.52. The van der Waals surface area contributed by atoms with Gasteiger partial charge in [0.05, 0.1) is 24.7 Å². The number of nitrogens with zero attached hydrogens (tertiary/aromatic N) is 1. The molecular formula is C16H24N2O6. The van der Waals surface area contributed by atoms with E-state index in [1.54, 1.807) is 0 Å². The minimum atomic E-state index is -0.611. The Hall–Kier alpha value is -2.35. The minimum Gasteiger partial charge on any atom is -0.493 e. The number of carbonyl (C=O) groups excluding carboxylic acids is 1. The Bertz CT molecular complexity index is 574. The standard InChI is InChI=1S/C16H24N2O6/c1-11(2)5-6-17-16(19)12-9-14(23-4)15(24-8-7-22-3)10-13(12)18(20)21/h9-11H,5-8H2,1-4H3,(H,17,19). The van der Waals surface area contributed by atoms with Crippen LogP contribution in [0.4, 0.5) is 5.69 Å². The Labute approximate surface area is 141 Å². The van der Waals surface area contributed by atoms with E-state index in [9.17, 15) is 14.9 Å². The molecule has 1 N–H and O–H groups in total. The van der Waals surface area contributed by atoms with Crippen molar-refractivity contribution >= 4 is 11.6 Å². The van der Waals surface area contributed by atoms with Crippen molar-refractivity contribution in [3.63, 3.8) is 0 Å². The molecule has 1 aromatic carbocycles. The first-order valence-electron chi connectivity index (χ1n) is 7.67. The first-order valence-corrected chi connectivity index (χ1v) is 7.67. The molecule has 24 heavy (non-hydrogen) atoms. The Morgan fingerprint density at radius 3 is 2.50 bits per heavy atom. The number of methoxy groups -OCH3 is 2. The van der Waals surface area contributed by atoms with E-state index in [0.29, 0.717) is 19.1 Å². The summed E-state index contributed by atoms with van der Waals surface area (Å²) in [5.74, 6) is 0.362. The highest BCUT2D eigenvalue weighted by Crippen LogP contribution is 2.34. The highest BCUT2D eigenvalue weighted by atomic mass is 16.6. The van der Waals surface area contributed by atoms with Crippen LogP contribution in [0.15, 0.2) is 12.1 Å². The molecule has 0 unspecified atom stereocenters. The molecule has 0 atom stereocenters. The number of ether oxygens (including phenoxy) is 3. The van der Waals surface area contributed by atoms with E-state index >= 15 is 0 Å². The van der Waals surface area contributed by atoms with Crippen LogP contribution in [0.25, 0.3) is 0 Å². The maximum Gasteiger partial charge on any atom is 0.286 e. The van der Waals surface area contributed by atoms with Gasteiger partial charge in [0.25, 0.3) is 11.6 Å². The Kier molecular flexibility index (Phi) is 7.97.